The van der Waals surface area contributed by atoms with Gasteiger partial charge in [0, 0.05) is 25.4 Å². The van der Waals surface area contributed by atoms with Gasteiger partial charge in [-0.05, 0) is 55.5 Å². The predicted octanol–water partition coefficient (Wildman–Crippen LogP) is 2.75. The van der Waals surface area contributed by atoms with E-state index in [1.165, 1.54) is 18.4 Å². The number of rotatable bonds is 7. The van der Waals surface area contributed by atoms with Crippen molar-refractivity contribution in [2.45, 2.75) is 38.8 Å². The molecule has 1 aliphatic rings. The van der Waals surface area contributed by atoms with Crippen molar-refractivity contribution < 1.29 is 4.79 Å². The summed E-state index contributed by atoms with van der Waals surface area (Å²) >= 11 is 0. The lowest BCUT2D eigenvalue weighted by Crippen LogP contribution is -2.29. The average molecular weight is 363 g/mol. The second kappa shape index (κ2) is 10.2. The van der Waals surface area contributed by atoms with Crippen molar-refractivity contribution in [1.29, 1.82) is 0 Å². The minimum absolute atomic E-state index is 0. The number of carbonyl (C=O) groups excluding carboxylic acids is 1. The Hall–Kier alpha value is -1.85. The van der Waals surface area contributed by atoms with Gasteiger partial charge in [-0.15, -0.1) is 12.4 Å². The maximum Gasteiger partial charge on any atom is 0.220 e. The topological polar surface area (TPSA) is 59.0 Å². The van der Waals surface area contributed by atoms with Gasteiger partial charge in [0.2, 0.25) is 5.91 Å². The Labute approximate surface area is 155 Å². The van der Waals surface area contributed by atoms with Crippen LogP contribution >= 0.6 is 12.4 Å². The van der Waals surface area contributed by atoms with Gasteiger partial charge in [-0.1, -0.05) is 24.3 Å². The van der Waals surface area contributed by atoms with Crippen LogP contribution in [0.5, 0.6) is 0 Å². The number of amides is 1. The largest absolute Gasteiger partial charge is 0.352 e. The molecule has 136 valence electrons. The molecule has 3 rings (SSSR count). The standard InChI is InChI=1S/C19H26N4O.ClH/c24-19(6-5-16-7-10-20-11-8-16)21-14-17-3-1-4-18(13-17)15-23-12-2-9-22-23;/h1-4,9,12-13,16,20H,5-8,10-11,14-15H2,(H,21,24);1H. The highest BCUT2D eigenvalue weighted by molar-refractivity contribution is 5.85. The summed E-state index contributed by atoms with van der Waals surface area (Å²) in [6.07, 6.45) is 7.78. The van der Waals surface area contributed by atoms with Crippen LogP contribution in [-0.2, 0) is 17.9 Å². The number of hydrogen-bond donors (Lipinski definition) is 2. The number of hydrogen-bond acceptors (Lipinski definition) is 3. The quantitative estimate of drug-likeness (QED) is 0.796. The first-order valence-corrected chi connectivity index (χ1v) is 8.82. The molecule has 2 N–H and O–H groups in total. The first kappa shape index (κ1) is 19.5. The third-order valence-electron chi connectivity index (χ3n) is 4.62. The van der Waals surface area contributed by atoms with E-state index in [2.05, 4.69) is 33.9 Å². The van der Waals surface area contributed by atoms with Gasteiger partial charge in [0.05, 0.1) is 6.54 Å². The van der Waals surface area contributed by atoms with Crippen LogP contribution in [-0.4, -0.2) is 28.8 Å². The molecule has 2 aromatic rings. The Kier molecular flexibility index (Phi) is 7.95. The Morgan fingerprint density at radius 2 is 2.04 bits per heavy atom. The van der Waals surface area contributed by atoms with E-state index in [9.17, 15) is 4.79 Å². The van der Waals surface area contributed by atoms with Crippen LogP contribution in [0.3, 0.4) is 0 Å². The summed E-state index contributed by atoms with van der Waals surface area (Å²) in [6, 6.07) is 10.2. The first-order chi connectivity index (χ1) is 11.8. The van der Waals surface area contributed by atoms with Crippen LogP contribution in [0.25, 0.3) is 0 Å². The van der Waals surface area contributed by atoms with Crippen molar-refractivity contribution in [3.05, 3.63) is 53.9 Å². The van der Waals surface area contributed by atoms with Crippen molar-refractivity contribution in [2.24, 2.45) is 5.92 Å². The molecule has 0 bridgehead atoms. The monoisotopic (exact) mass is 362 g/mol. The van der Waals surface area contributed by atoms with Crippen molar-refractivity contribution in [2.75, 3.05) is 13.1 Å². The summed E-state index contributed by atoms with van der Waals surface area (Å²) in [5.41, 5.74) is 2.33. The second-order valence-corrected chi connectivity index (χ2v) is 6.53. The number of nitrogens with one attached hydrogen (secondary N) is 2. The zero-order valence-corrected chi connectivity index (χ0v) is 15.3. The lowest BCUT2D eigenvalue weighted by Gasteiger charge is -2.22. The van der Waals surface area contributed by atoms with Crippen LogP contribution in [0.2, 0.25) is 0 Å². The number of nitrogens with zero attached hydrogens (tertiary/aromatic N) is 2. The molecule has 1 aromatic carbocycles. The van der Waals surface area contributed by atoms with Gasteiger partial charge >= 0.3 is 0 Å². The average Bonchev–Trinajstić information content (AvgIpc) is 3.12. The molecule has 0 atom stereocenters. The van der Waals surface area contributed by atoms with Crippen LogP contribution in [0.1, 0.15) is 36.8 Å². The predicted molar refractivity (Wildman–Crippen MR) is 102 cm³/mol. The molecule has 6 heteroatoms. The van der Waals surface area contributed by atoms with Crippen LogP contribution < -0.4 is 10.6 Å². The second-order valence-electron chi connectivity index (χ2n) is 6.53. The molecule has 5 nitrogen and oxygen atoms in total. The molecule has 25 heavy (non-hydrogen) atoms. The molecular weight excluding hydrogens is 336 g/mol. The molecule has 1 fully saturated rings. The summed E-state index contributed by atoms with van der Waals surface area (Å²) in [6.45, 7) is 3.53. The van der Waals surface area contributed by atoms with E-state index in [4.69, 9.17) is 0 Å². The third-order valence-corrected chi connectivity index (χ3v) is 4.62. The molecule has 1 saturated heterocycles. The summed E-state index contributed by atoms with van der Waals surface area (Å²) in [5.74, 6) is 0.861. The van der Waals surface area contributed by atoms with Gasteiger partial charge < -0.3 is 10.6 Å². The van der Waals surface area contributed by atoms with Crippen molar-refractivity contribution in [3.63, 3.8) is 0 Å². The Balaban J connectivity index is 0.00000225. The highest BCUT2D eigenvalue weighted by Crippen LogP contribution is 2.17. The molecule has 0 radical (unpaired) electrons. The minimum Gasteiger partial charge on any atom is -0.352 e. The molecule has 0 saturated carbocycles. The highest BCUT2D eigenvalue weighted by atomic mass is 35.5. The van der Waals surface area contributed by atoms with Crippen LogP contribution in [0.15, 0.2) is 42.7 Å². The van der Waals surface area contributed by atoms with E-state index in [0.717, 1.165) is 31.6 Å². The number of aromatic nitrogens is 2. The smallest absolute Gasteiger partial charge is 0.220 e. The summed E-state index contributed by atoms with van der Waals surface area (Å²) in [4.78, 5) is 12.1. The maximum absolute atomic E-state index is 12.1. The van der Waals surface area contributed by atoms with Gasteiger partial charge in [-0.2, -0.15) is 5.10 Å². The molecule has 0 unspecified atom stereocenters. The molecule has 1 aliphatic heterocycles. The zero-order valence-electron chi connectivity index (χ0n) is 14.5. The Morgan fingerprint density at radius 1 is 1.24 bits per heavy atom. The SMILES string of the molecule is Cl.O=C(CCC1CCNCC1)NCc1cccc(Cn2cccn2)c1. The molecule has 1 amide bonds. The summed E-state index contributed by atoms with van der Waals surface area (Å²) < 4.78 is 1.90. The number of benzene rings is 1. The molecule has 0 spiro atoms. The number of halogens is 1. The van der Waals surface area contributed by atoms with E-state index in [-0.39, 0.29) is 18.3 Å². The molecule has 2 heterocycles. The number of carbonyl (C=O) groups is 1. The molecular formula is C19H27ClN4O. The lowest BCUT2D eigenvalue weighted by molar-refractivity contribution is -0.121. The van der Waals surface area contributed by atoms with Gasteiger partial charge in [0.15, 0.2) is 0 Å². The Bertz CT molecular complexity index is 639. The number of piperidine rings is 1. The van der Waals surface area contributed by atoms with Crippen molar-refractivity contribution in [1.82, 2.24) is 20.4 Å². The van der Waals surface area contributed by atoms with Gasteiger partial charge in [0.1, 0.15) is 0 Å². The highest BCUT2D eigenvalue weighted by Gasteiger charge is 2.14. The lowest BCUT2D eigenvalue weighted by atomic mass is 9.93. The fourth-order valence-electron chi connectivity index (χ4n) is 3.21. The van der Waals surface area contributed by atoms with Crippen molar-refractivity contribution in [3.8, 4) is 0 Å². The Morgan fingerprint density at radius 3 is 2.80 bits per heavy atom. The van der Waals surface area contributed by atoms with E-state index in [0.29, 0.717) is 18.9 Å². The van der Waals surface area contributed by atoms with Crippen LogP contribution in [0.4, 0.5) is 0 Å². The maximum atomic E-state index is 12.1. The fraction of sp³-hybridized carbons (Fsp3) is 0.474. The minimum atomic E-state index is 0. The van der Waals surface area contributed by atoms with E-state index in [1.807, 2.05) is 23.0 Å². The summed E-state index contributed by atoms with van der Waals surface area (Å²) in [5, 5.41) is 10.6. The normalized spacial score (nSPS) is 14.7. The summed E-state index contributed by atoms with van der Waals surface area (Å²) in [7, 11) is 0. The fourth-order valence-corrected chi connectivity index (χ4v) is 3.21. The first-order valence-electron chi connectivity index (χ1n) is 8.82. The van der Waals surface area contributed by atoms with Gasteiger partial charge in [0.25, 0.3) is 0 Å². The van der Waals surface area contributed by atoms with E-state index >= 15 is 0 Å². The van der Waals surface area contributed by atoms with Crippen molar-refractivity contribution >= 4 is 18.3 Å². The van der Waals surface area contributed by atoms with Gasteiger partial charge in [-0.3, -0.25) is 9.48 Å². The van der Waals surface area contributed by atoms with E-state index < -0.39 is 0 Å². The zero-order chi connectivity index (χ0) is 16.6. The van der Waals surface area contributed by atoms with Crippen LogP contribution in [0, 0.1) is 5.92 Å². The molecule has 0 aliphatic carbocycles. The third kappa shape index (κ3) is 6.52. The van der Waals surface area contributed by atoms with E-state index in [1.54, 1.807) is 6.20 Å². The van der Waals surface area contributed by atoms with Gasteiger partial charge in [-0.25, -0.2) is 0 Å². The molecule has 1 aromatic heterocycles.